The first-order valence-electron chi connectivity index (χ1n) is 11.4. The predicted octanol–water partition coefficient (Wildman–Crippen LogP) is 3.28. The van der Waals surface area contributed by atoms with Crippen molar-refractivity contribution in [3.8, 4) is 11.5 Å². The van der Waals surface area contributed by atoms with Crippen molar-refractivity contribution < 1.29 is 14.3 Å². The number of benzene rings is 1. The van der Waals surface area contributed by atoms with E-state index in [1.54, 1.807) is 12.3 Å². The highest BCUT2D eigenvalue weighted by Gasteiger charge is 2.24. The van der Waals surface area contributed by atoms with E-state index in [0.29, 0.717) is 53.2 Å². The van der Waals surface area contributed by atoms with Gasteiger partial charge >= 0.3 is 0 Å². The summed E-state index contributed by atoms with van der Waals surface area (Å²) in [6.45, 7) is 1.17. The molecular formula is C24H25Cl2N7O3. The molecule has 1 fully saturated rings. The van der Waals surface area contributed by atoms with Gasteiger partial charge in [0.15, 0.2) is 5.65 Å². The SMILES string of the molecule is COc1cc(OC)c(Cl)c(N=c2ccc3ncc(C4C=NN(C)C4)nc3n2CC2CCC(=O)N2)c1Cl. The number of ether oxygens (including phenoxy) is 2. The lowest BCUT2D eigenvalue weighted by atomic mass is 10.1. The van der Waals surface area contributed by atoms with E-state index in [9.17, 15) is 4.79 Å². The van der Waals surface area contributed by atoms with Gasteiger partial charge in [0.2, 0.25) is 5.91 Å². The molecule has 0 bridgehead atoms. The van der Waals surface area contributed by atoms with Gasteiger partial charge in [0.1, 0.15) is 38.2 Å². The molecule has 4 heterocycles. The number of pyridine rings is 1. The topological polar surface area (TPSA) is 106 Å². The fourth-order valence-corrected chi connectivity index (χ4v) is 4.97. The third-order valence-electron chi connectivity index (χ3n) is 6.27. The number of carbonyl (C=O) groups excluding carboxylic acids is 1. The van der Waals surface area contributed by atoms with Gasteiger partial charge in [0, 0.05) is 44.9 Å². The first kappa shape index (κ1) is 24.3. The number of hydrogen-bond donors (Lipinski definition) is 1. The normalized spacial score (nSPS) is 19.9. The Morgan fingerprint density at radius 3 is 2.56 bits per heavy atom. The van der Waals surface area contributed by atoms with Crippen molar-refractivity contribution in [3.63, 3.8) is 0 Å². The van der Waals surface area contributed by atoms with E-state index < -0.39 is 0 Å². The smallest absolute Gasteiger partial charge is 0.220 e. The summed E-state index contributed by atoms with van der Waals surface area (Å²) in [5.41, 5.74) is 3.00. The highest BCUT2D eigenvalue weighted by molar-refractivity contribution is 6.40. The summed E-state index contributed by atoms with van der Waals surface area (Å²) in [5.74, 6) is 0.830. The standard InChI is InChI=1S/C24H25Cl2N7O3/c1-32-11-13(9-28-32)16-10-27-15-5-6-19(33(24(15)30-16)12-14-4-7-20(34)29-14)31-23-21(25)17(35-2)8-18(36-3)22(23)26/h5-6,8-10,13-14H,4,7,11-12H2,1-3H3,(H,29,34). The summed E-state index contributed by atoms with van der Waals surface area (Å²) in [4.78, 5) is 26.4. The van der Waals surface area contributed by atoms with Gasteiger partial charge < -0.3 is 19.4 Å². The third-order valence-corrected chi connectivity index (χ3v) is 7.00. The molecule has 1 N–H and O–H groups in total. The van der Waals surface area contributed by atoms with Crippen LogP contribution in [0.25, 0.3) is 11.2 Å². The summed E-state index contributed by atoms with van der Waals surface area (Å²) >= 11 is 13.2. The van der Waals surface area contributed by atoms with Crippen molar-refractivity contribution >= 4 is 52.2 Å². The van der Waals surface area contributed by atoms with Crippen LogP contribution in [0.15, 0.2) is 34.5 Å². The van der Waals surface area contributed by atoms with Crippen LogP contribution in [-0.2, 0) is 11.3 Å². The number of aromatic nitrogens is 3. The summed E-state index contributed by atoms with van der Waals surface area (Å²) in [5, 5.41) is 9.73. The zero-order valence-corrected chi connectivity index (χ0v) is 21.5. The van der Waals surface area contributed by atoms with Crippen molar-refractivity contribution in [3.05, 3.63) is 45.6 Å². The summed E-state index contributed by atoms with van der Waals surface area (Å²) in [6.07, 6.45) is 4.84. The number of fused-ring (bicyclic) bond motifs is 1. The Morgan fingerprint density at radius 1 is 1.19 bits per heavy atom. The molecule has 1 aromatic carbocycles. The number of hydrogen-bond acceptors (Lipinski definition) is 8. The van der Waals surface area contributed by atoms with Gasteiger partial charge in [0.25, 0.3) is 0 Å². The van der Waals surface area contributed by atoms with Crippen molar-refractivity contribution in [1.29, 1.82) is 0 Å². The number of amides is 1. The number of hydrazone groups is 1. The van der Waals surface area contributed by atoms with Crippen LogP contribution < -0.4 is 20.3 Å². The molecule has 0 radical (unpaired) electrons. The van der Waals surface area contributed by atoms with Gasteiger partial charge in [-0.25, -0.2) is 9.98 Å². The number of nitrogens with one attached hydrogen (secondary N) is 1. The maximum atomic E-state index is 11.9. The Hall–Kier alpha value is -3.37. The van der Waals surface area contributed by atoms with Crippen LogP contribution in [0, 0.1) is 0 Å². The van der Waals surface area contributed by atoms with Crippen LogP contribution in [0.5, 0.6) is 11.5 Å². The maximum absolute atomic E-state index is 11.9. The quantitative estimate of drug-likeness (QED) is 0.525. The minimum absolute atomic E-state index is 0.0265. The second kappa shape index (κ2) is 9.94. The molecule has 0 aliphatic carbocycles. The molecule has 1 amide bonds. The second-order valence-corrected chi connectivity index (χ2v) is 9.45. The fourth-order valence-electron chi connectivity index (χ4n) is 4.39. The van der Waals surface area contributed by atoms with E-state index in [2.05, 4.69) is 15.4 Å². The zero-order chi connectivity index (χ0) is 25.4. The average molecular weight is 530 g/mol. The summed E-state index contributed by atoms with van der Waals surface area (Å²) in [6, 6.07) is 5.22. The Balaban J connectivity index is 1.72. The largest absolute Gasteiger partial charge is 0.495 e. The first-order valence-corrected chi connectivity index (χ1v) is 12.2. The Kier molecular flexibility index (Phi) is 6.72. The lowest BCUT2D eigenvalue weighted by Crippen LogP contribution is -2.34. The van der Waals surface area contributed by atoms with Crippen LogP contribution in [0.4, 0.5) is 5.69 Å². The van der Waals surface area contributed by atoms with Crippen LogP contribution in [0.3, 0.4) is 0 Å². The number of carbonyl (C=O) groups is 1. The van der Waals surface area contributed by atoms with Gasteiger partial charge in [-0.05, 0) is 18.6 Å². The maximum Gasteiger partial charge on any atom is 0.220 e. The molecule has 2 aromatic heterocycles. The minimum atomic E-state index is -0.0718. The van der Waals surface area contributed by atoms with Gasteiger partial charge in [0.05, 0.1) is 32.0 Å². The predicted molar refractivity (Wildman–Crippen MR) is 137 cm³/mol. The molecular weight excluding hydrogens is 505 g/mol. The summed E-state index contributed by atoms with van der Waals surface area (Å²) in [7, 11) is 4.94. The molecule has 188 valence electrons. The van der Waals surface area contributed by atoms with Gasteiger partial charge in [-0.15, -0.1) is 0 Å². The van der Waals surface area contributed by atoms with E-state index in [-0.39, 0.29) is 27.9 Å². The zero-order valence-electron chi connectivity index (χ0n) is 20.0. The Morgan fingerprint density at radius 2 is 1.94 bits per heavy atom. The Labute approximate surface area is 217 Å². The molecule has 5 rings (SSSR count). The monoisotopic (exact) mass is 529 g/mol. The van der Waals surface area contributed by atoms with Crippen LogP contribution in [0.1, 0.15) is 24.5 Å². The van der Waals surface area contributed by atoms with E-state index in [4.69, 9.17) is 42.7 Å². The van der Waals surface area contributed by atoms with Crippen LogP contribution in [0.2, 0.25) is 10.0 Å². The number of likely N-dealkylation sites (N-methyl/N-ethyl adjacent to an activating group) is 1. The van der Waals surface area contributed by atoms with Gasteiger partial charge in [-0.3, -0.25) is 14.8 Å². The van der Waals surface area contributed by atoms with E-state index in [1.807, 2.05) is 35.0 Å². The van der Waals surface area contributed by atoms with Crippen molar-refractivity contribution in [2.45, 2.75) is 31.3 Å². The number of rotatable bonds is 6. The lowest BCUT2D eigenvalue weighted by molar-refractivity contribution is -0.119. The van der Waals surface area contributed by atoms with Crippen LogP contribution in [-0.4, -0.2) is 65.5 Å². The first-order chi connectivity index (χ1) is 17.4. The van der Waals surface area contributed by atoms with Crippen molar-refractivity contribution in [2.24, 2.45) is 10.1 Å². The van der Waals surface area contributed by atoms with E-state index in [0.717, 1.165) is 12.2 Å². The molecule has 36 heavy (non-hydrogen) atoms. The third kappa shape index (κ3) is 4.58. The molecule has 0 saturated carbocycles. The molecule has 0 spiro atoms. The lowest BCUT2D eigenvalue weighted by Gasteiger charge is -2.17. The average Bonchev–Trinajstić information content (AvgIpc) is 3.50. The van der Waals surface area contributed by atoms with Gasteiger partial charge in [-0.1, -0.05) is 23.2 Å². The summed E-state index contributed by atoms with van der Waals surface area (Å²) < 4.78 is 12.7. The molecule has 2 atom stereocenters. The second-order valence-electron chi connectivity index (χ2n) is 8.69. The molecule has 12 heteroatoms. The van der Waals surface area contributed by atoms with Crippen LogP contribution >= 0.6 is 23.2 Å². The fraction of sp³-hybridized carbons (Fsp3) is 0.375. The minimum Gasteiger partial charge on any atom is -0.495 e. The highest BCUT2D eigenvalue weighted by Crippen LogP contribution is 2.45. The van der Waals surface area contributed by atoms with Crippen molar-refractivity contribution in [1.82, 2.24) is 24.9 Å². The molecule has 2 aliphatic rings. The molecule has 10 nitrogen and oxygen atoms in total. The molecule has 2 aliphatic heterocycles. The van der Waals surface area contributed by atoms with E-state index >= 15 is 0 Å². The van der Waals surface area contributed by atoms with Crippen molar-refractivity contribution in [2.75, 3.05) is 27.8 Å². The Bertz CT molecular complexity index is 1410. The molecule has 1 saturated heterocycles. The van der Waals surface area contributed by atoms with Gasteiger partial charge in [-0.2, -0.15) is 5.10 Å². The van der Waals surface area contributed by atoms with E-state index in [1.165, 1.54) is 14.2 Å². The molecule has 2 unspecified atom stereocenters. The highest BCUT2D eigenvalue weighted by atomic mass is 35.5. The number of nitrogens with zero attached hydrogens (tertiary/aromatic N) is 6. The number of halogens is 2. The molecule has 3 aromatic rings. The number of methoxy groups -OCH3 is 2.